The van der Waals surface area contributed by atoms with Crippen LogP contribution in [0.15, 0.2) is 59.5 Å². The lowest BCUT2D eigenvalue weighted by molar-refractivity contribution is -0.143. The maximum Gasteiger partial charge on any atom is 0.325 e. The Labute approximate surface area is 176 Å². The Morgan fingerprint density at radius 1 is 1.07 bits per heavy atom. The second-order valence-electron chi connectivity index (χ2n) is 6.08. The standard InChI is InChI=1S/C21H18N2O6S/c1-28-19(25)12-23-20(26)17(30-21(23)27)11-14-7-5-6-10-16(14)29-13-18(24)22-15-8-3-2-4-9-15/h2-11H,12-13H2,1H3,(H,22,24)/b17-11+. The fourth-order valence-electron chi connectivity index (χ4n) is 2.56. The van der Waals surface area contributed by atoms with Crippen molar-refractivity contribution in [3.63, 3.8) is 0 Å². The number of esters is 1. The Bertz CT molecular complexity index is 1010. The van der Waals surface area contributed by atoms with Gasteiger partial charge in [0, 0.05) is 11.3 Å². The summed E-state index contributed by atoms with van der Waals surface area (Å²) in [4.78, 5) is 49.0. The lowest BCUT2D eigenvalue weighted by Gasteiger charge is -2.11. The molecule has 2 aromatic carbocycles. The van der Waals surface area contributed by atoms with Crippen LogP contribution < -0.4 is 10.1 Å². The molecule has 154 valence electrons. The van der Waals surface area contributed by atoms with Gasteiger partial charge in [-0.05, 0) is 36.0 Å². The van der Waals surface area contributed by atoms with Gasteiger partial charge in [-0.15, -0.1) is 0 Å². The summed E-state index contributed by atoms with van der Waals surface area (Å²) in [6, 6.07) is 15.8. The third kappa shape index (κ3) is 5.26. The summed E-state index contributed by atoms with van der Waals surface area (Å²) in [5.74, 6) is -1.24. The number of hydrogen-bond donors (Lipinski definition) is 1. The zero-order valence-corrected chi connectivity index (χ0v) is 16.8. The monoisotopic (exact) mass is 426 g/mol. The van der Waals surface area contributed by atoms with E-state index in [4.69, 9.17) is 4.74 Å². The van der Waals surface area contributed by atoms with Crippen molar-refractivity contribution in [2.75, 3.05) is 25.6 Å². The molecule has 9 heteroatoms. The molecule has 0 atom stereocenters. The van der Waals surface area contributed by atoms with Crippen molar-refractivity contribution >= 4 is 46.5 Å². The van der Waals surface area contributed by atoms with E-state index in [9.17, 15) is 19.2 Å². The molecule has 1 fully saturated rings. The van der Waals surface area contributed by atoms with Crippen molar-refractivity contribution in [1.29, 1.82) is 0 Å². The van der Waals surface area contributed by atoms with Crippen molar-refractivity contribution in [1.82, 2.24) is 4.90 Å². The van der Waals surface area contributed by atoms with Gasteiger partial charge in [-0.1, -0.05) is 36.4 Å². The van der Waals surface area contributed by atoms with Crippen LogP contribution in [0.3, 0.4) is 0 Å². The third-order valence-electron chi connectivity index (χ3n) is 4.01. The summed E-state index contributed by atoms with van der Waals surface area (Å²) >= 11 is 0.720. The number of amides is 3. The number of para-hydroxylation sites is 2. The Morgan fingerprint density at radius 2 is 1.77 bits per heavy atom. The van der Waals surface area contributed by atoms with Crippen LogP contribution in [0.25, 0.3) is 6.08 Å². The Morgan fingerprint density at radius 3 is 2.50 bits per heavy atom. The molecule has 2 aromatic rings. The molecule has 3 rings (SSSR count). The summed E-state index contributed by atoms with van der Waals surface area (Å²) in [7, 11) is 1.18. The van der Waals surface area contributed by atoms with E-state index in [0.717, 1.165) is 16.7 Å². The molecule has 1 N–H and O–H groups in total. The van der Waals surface area contributed by atoms with E-state index in [1.54, 1.807) is 48.5 Å². The van der Waals surface area contributed by atoms with E-state index in [0.29, 0.717) is 17.0 Å². The molecule has 0 radical (unpaired) electrons. The molecule has 1 aliphatic heterocycles. The average Bonchev–Trinajstić information content (AvgIpc) is 3.01. The summed E-state index contributed by atoms with van der Waals surface area (Å²) < 4.78 is 10.1. The highest BCUT2D eigenvalue weighted by Gasteiger charge is 2.36. The largest absolute Gasteiger partial charge is 0.483 e. The lowest BCUT2D eigenvalue weighted by atomic mass is 10.2. The Balaban J connectivity index is 1.69. The topological polar surface area (TPSA) is 102 Å². The minimum absolute atomic E-state index is 0.147. The fraction of sp³-hybridized carbons (Fsp3) is 0.143. The van der Waals surface area contributed by atoms with Crippen LogP contribution >= 0.6 is 11.8 Å². The number of hydrogen-bond acceptors (Lipinski definition) is 7. The number of nitrogens with one attached hydrogen (secondary N) is 1. The molecule has 1 heterocycles. The number of methoxy groups -OCH3 is 1. The van der Waals surface area contributed by atoms with E-state index in [-0.39, 0.29) is 17.4 Å². The first-order valence-corrected chi connectivity index (χ1v) is 9.68. The van der Waals surface area contributed by atoms with Crippen LogP contribution in [0, 0.1) is 0 Å². The second kappa shape index (κ2) is 9.75. The van der Waals surface area contributed by atoms with Crippen LogP contribution in [-0.2, 0) is 19.1 Å². The van der Waals surface area contributed by atoms with Gasteiger partial charge in [-0.3, -0.25) is 24.1 Å². The molecule has 30 heavy (non-hydrogen) atoms. The number of carbonyl (C=O) groups is 4. The number of rotatable bonds is 7. The number of carbonyl (C=O) groups excluding carboxylic acids is 4. The van der Waals surface area contributed by atoms with E-state index in [1.165, 1.54) is 13.2 Å². The van der Waals surface area contributed by atoms with Crippen molar-refractivity contribution in [3.8, 4) is 5.75 Å². The van der Waals surface area contributed by atoms with Gasteiger partial charge < -0.3 is 14.8 Å². The van der Waals surface area contributed by atoms with Gasteiger partial charge in [0.2, 0.25) is 0 Å². The first-order chi connectivity index (χ1) is 14.5. The molecule has 8 nitrogen and oxygen atoms in total. The van der Waals surface area contributed by atoms with Crippen LogP contribution in [0.1, 0.15) is 5.56 Å². The highest BCUT2D eigenvalue weighted by Crippen LogP contribution is 2.33. The van der Waals surface area contributed by atoms with Gasteiger partial charge in [-0.2, -0.15) is 0 Å². The quantitative estimate of drug-likeness (QED) is 0.536. The zero-order valence-electron chi connectivity index (χ0n) is 16.0. The molecule has 0 spiro atoms. The van der Waals surface area contributed by atoms with Gasteiger partial charge in [0.25, 0.3) is 17.1 Å². The van der Waals surface area contributed by atoms with Gasteiger partial charge in [-0.25, -0.2) is 0 Å². The Hall–Kier alpha value is -3.59. The maximum atomic E-state index is 12.5. The molecule has 0 aromatic heterocycles. The number of thioether (sulfide) groups is 1. The number of nitrogens with zero attached hydrogens (tertiary/aromatic N) is 1. The van der Waals surface area contributed by atoms with Gasteiger partial charge in [0.1, 0.15) is 12.3 Å². The zero-order chi connectivity index (χ0) is 21.5. The minimum atomic E-state index is -0.688. The third-order valence-corrected chi connectivity index (χ3v) is 4.92. The average molecular weight is 426 g/mol. The molecule has 0 bridgehead atoms. The minimum Gasteiger partial charge on any atom is -0.483 e. The first kappa shape index (κ1) is 21.1. The van der Waals surface area contributed by atoms with E-state index in [2.05, 4.69) is 10.1 Å². The smallest absolute Gasteiger partial charge is 0.325 e. The highest BCUT2D eigenvalue weighted by atomic mass is 32.2. The van der Waals surface area contributed by atoms with Crippen LogP contribution in [0.5, 0.6) is 5.75 Å². The summed E-state index contributed by atoms with van der Waals surface area (Å²) in [6.45, 7) is -0.681. The van der Waals surface area contributed by atoms with Crippen molar-refractivity contribution in [2.45, 2.75) is 0 Å². The normalized spacial score (nSPS) is 14.7. The molecular weight excluding hydrogens is 408 g/mol. The molecule has 1 aliphatic rings. The van der Waals surface area contributed by atoms with Gasteiger partial charge in [0.15, 0.2) is 6.61 Å². The van der Waals surface area contributed by atoms with Gasteiger partial charge in [0.05, 0.1) is 12.0 Å². The molecule has 0 unspecified atom stereocenters. The van der Waals surface area contributed by atoms with Crippen LogP contribution in [-0.4, -0.2) is 48.2 Å². The van der Waals surface area contributed by atoms with Crippen molar-refractivity contribution in [3.05, 3.63) is 65.1 Å². The first-order valence-electron chi connectivity index (χ1n) is 8.87. The second-order valence-corrected chi connectivity index (χ2v) is 7.08. The molecule has 1 saturated heterocycles. The van der Waals surface area contributed by atoms with E-state index >= 15 is 0 Å². The SMILES string of the molecule is COC(=O)CN1C(=O)S/C(=C/c2ccccc2OCC(=O)Nc2ccccc2)C1=O. The Kier molecular flexibility index (Phi) is 6.87. The van der Waals surface area contributed by atoms with Crippen LogP contribution in [0.4, 0.5) is 10.5 Å². The summed E-state index contributed by atoms with van der Waals surface area (Å²) in [6.07, 6.45) is 1.49. The predicted molar refractivity (Wildman–Crippen MR) is 112 cm³/mol. The molecule has 3 amide bonds. The van der Waals surface area contributed by atoms with Crippen LogP contribution in [0.2, 0.25) is 0 Å². The predicted octanol–water partition coefficient (Wildman–Crippen LogP) is 2.91. The number of ether oxygens (including phenoxy) is 2. The summed E-state index contributed by atoms with van der Waals surface area (Å²) in [5, 5.41) is 2.16. The van der Waals surface area contributed by atoms with Crippen molar-refractivity contribution < 1.29 is 28.7 Å². The molecule has 0 saturated carbocycles. The highest BCUT2D eigenvalue weighted by molar-refractivity contribution is 8.18. The maximum absolute atomic E-state index is 12.5. The molecular formula is C21H18N2O6S. The van der Waals surface area contributed by atoms with Gasteiger partial charge >= 0.3 is 5.97 Å². The lowest BCUT2D eigenvalue weighted by Crippen LogP contribution is -2.34. The number of benzene rings is 2. The molecule has 0 aliphatic carbocycles. The fourth-order valence-corrected chi connectivity index (χ4v) is 3.39. The van der Waals surface area contributed by atoms with E-state index < -0.39 is 23.7 Å². The number of anilines is 1. The number of imide groups is 1. The summed E-state index contributed by atoms with van der Waals surface area (Å²) in [5.41, 5.74) is 1.17. The van der Waals surface area contributed by atoms with E-state index in [1.807, 2.05) is 6.07 Å². The van der Waals surface area contributed by atoms with Crippen molar-refractivity contribution in [2.24, 2.45) is 0 Å².